The van der Waals surface area contributed by atoms with Gasteiger partial charge in [-0.2, -0.15) is 0 Å². The molecule has 0 aromatic carbocycles. The summed E-state index contributed by atoms with van der Waals surface area (Å²) >= 11 is 0. The maximum atomic E-state index is 11.7. The molecule has 0 spiro atoms. The maximum Gasteiger partial charge on any atom is 0.150 e. The van der Waals surface area contributed by atoms with E-state index in [1.54, 1.807) is 0 Å². The Morgan fingerprint density at radius 2 is 2.19 bits per heavy atom. The number of nitrogens with zero attached hydrogens (tertiary/aromatic N) is 1. The van der Waals surface area contributed by atoms with E-state index in [-0.39, 0.29) is 12.0 Å². The van der Waals surface area contributed by atoms with E-state index in [9.17, 15) is 8.42 Å². The summed E-state index contributed by atoms with van der Waals surface area (Å²) in [4.78, 5) is 4.52. The van der Waals surface area contributed by atoms with Crippen molar-refractivity contribution >= 4 is 9.84 Å². The summed E-state index contributed by atoms with van der Waals surface area (Å²) in [6, 6.07) is 4.40. The highest BCUT2D eigenvalue weighted by atomic mass is 32.2. The Bertz CT molecular complexity index is 540. The lowest BCUT2D eigenvalue weighted by atomic mass is 9.94. The molecule has 0 aliphatic carbocycles. The van der Waals surface area contributed by atoms with Gasteiger partial charge in [-0.25, -0.2) is 8.42 Å². The predicted molar refractivity (Wildman–Crippen MR) is 86.2 cm³/mol. The van der Waals surface area contributed by atoms with Gasteiger partial charge in [0.1, 0.15) is 0 Å². The second-order valence-corrected chi connectivity index (χ2v) is 8.17. The molecule has 1 saturated heterocycles. The van der Waals surface area contributed by atoms with Crippen LogP contribution >= 0.6 is 0 Å². The van der Waals surface area contributed by atoms with Crippen molar-refractivity contribution in [3.05, 3.63) is 29.6 Å². The molecule has 1 aromatic rings. The number of hydrogen-bond acceptors (Lipinski definition) is 4. The standard InChI is InChI=1S/C16H26N2O2S/c1-3-8-17-16(14-7-9-21(19,20)12-14)10-15-6-5-13(4-2)11-18-15/h5-6,11,14,16-17H,3-4,7-10,12H2,1-2H3. The highest BCUT2D eigenvalue weighted by Gasteiger charge is 2.33. The second-order valence-electron chi connectivity index (χ2n) is 5.94. The van der Waals surface area contributed by atoms with Crippen molar-refractivity contribution in [1.29, 1.82) is 0 Å². The summed E-state index contributed by atoms with van der Waals surface area (Å²) in [5.41, 5.74) is 2.28. The molecule has 1 fully saturated rings. The zero-order valence-corrected chi connectivity index (χ0v) is 13.8. The molecule has 2 rings (SSSR count). The quantitative estimate of drug-likeness (QED) is 0.837. The van der Waals surface area contributed by atoms with Crippen LogP contribution in [-0.2, 0) is 22.7 Å². The molecule has 0 radical (unpaired) electrons. The van der Waals surface area contributed by atoms with Gasteiger partial charge in [-0.05, 0) is 43.4 Å². The molecule has 2 unspecified atom stereocenters. The van der Waals surface area contributed by atoms with Crippen LogP contribution in [0.2, 0.25) is 0 Å². The van der Waals surface area contributed by atoms with Crippen LogP contribution in [-0.4, -0.2) is 37.5 Å². The summed E-state index contributed by atoms with van der Waals surface area (Å²) in [6.45, 7) is 5.17. The van der Waals surface area contributed by atoms with Gasteiger partial charge >= 0.3 is 0 Å². The van der Waals surface area contributed by atoms with Crippen LogP contribution in [0.4, 0.5) is 0 Å². The van der Waals surface area contributed by atoms with Crippen LogP contribution < -0.4 is 5.32 Å². The highest BCUT2D eigenvalue weighted by molar-refractivity contribution is 7.91. The molecule has 21 heavy (non-hydrogen) atoms. The molecular formula is C16H26N2O2S. The normalized spacial score (nSPS) is 22.3. The molecule has 0 saturated carbocycles. The van der Waals surface area contributed by atoms with Crippen LogP contribution in [0, 0.1) is 5.92 Å². The van der Waals surface area contributed by atoms with Crippen LogP contribution in [0.1, 0.15) is 37.9 Å². The number of aromatic nitrogens is 1. The van der Waals surface area contributed by atoms with E-state index >= 15 is 0 Å². The molecule has 2 atom stereocenters. The molecule has 1 aliphatic rings. The van der Waals surface area contributed by atoms with E-state index in [1.807, 2.05) is 6.20 Å². The van der Waals surface area contributed by atoms with Crippen molar-refractivity contribution in [1.82, 2.24) is 10.3 Å². The lowest BCUT2D eigenvalue weighted by molar-refractivity contribution is 0.377. The van der Waals surface area contributed by atoms with Gasteiger partial charge in [0, 0.05) is 24.4 Å². The van der Waals surface area contributed by atoms with E-state index in [4.69, 9.17) is 0 Å². The Morgan fingerprint density at radius 3 is 2.71 bits per heavy atom. The van der Waals surface area contributed by atoms with Gasteiger partial charge in [0.05, 0.1) is 11.5 Å². The van der Waals surface area contributed by atoms with Crippen molar-refractivity contribution in [3.8, 4) is 0 Å². The van der Waals surface area contributed by atoms with Crippen LogP contribution in [0.3, 0.4) is 0 Å². The molecule has 4 nitrogen and oxygen atoms in total. The number of nitrogens with one attached hydrogen (secondary N) is 1. The van der Waals surface area contributed by atoms with Crippen molar-refractivity contribution in [2.75, 3.05) is 18.1 Å². The zero-order valence-electron chi connectivity index (χ0n) is 13.0. The molecule has 1 aliphatic heterocycles. The Balaban J connectivity index is 2.05. The van der Waals surface area contributed by atoms with Crippen molar-refractivity contribution in [2.45, 2.75) is 45.6 Å². The van der Waals surface area contributed by atoms with Gasteiger partial charge in [0.25, 0.3) is 0 Å². The highest BCUT2D eigenvalue weighted by Crippen LogP contribution is 2.23. The van der Waals surface area contributed by atoms with Gasteiger partial charge in [-0.1, -0.05) is 19.9 Å². The second kappa shape index (κ2) is 7.36. The summed E-state index contributed by atoms with van der Waals surface area (Å²) in [5, 5.41) is 3.52. The number of aryl methyl sites for hydroxylation is 1. The first kappa shape index (κ1) is 16.4. The van der Waals surface area contributed by atoms with Crippen molar-refractivity contribution < 1.29 is 8.42 Å². The minimum atomic E-state index is -2.83. The van der Waals surface area contributed by atoms with Crippen LogP contribution in [0.5, 0.6) is 0 Å². The molecule has 5 heteroatoms. The minimum absolute atomic E-state index is 0.210. The smallest absolute Gasteiger partial charge is 0.150 e. The first-order valence-electron chi connectivity index (χ1n) is 7.91. The molecule has 0 bridgehead atoms. The fraction of sp³-hybridized carbons (Fsp3) is 0.688. The van der Waals surface area contributed by atoms with Gasteiger partial charge in [0.15, 0.2) is 9.84 Å². The first-order chi connectivity index (χ1) is 10.0. The topological polar surface area (TPSA) is 59.1 Å². The first-order valence-corrected chi connectivity index (χ1v) is 9.73. The van der Waals surface area contributed by atoms with Gasteiger partial charge in [0.2, 0.25) is 0 Å². The summed E-state index contributed by atoms with van der Waals surface area (Å²) in [7, 11) is -2.83. The monoisotopic (exact) mass is 310 g/mol. The van der Waals surface area contributed by atoms with Crippen molar-refractivity contribution in [3.63, 3.8) is 0 Å². The lowest BCUT2D eigenvalue weighted by Gasteiger charge is -2.23. The maximum absolute atomic E-state index is 11.7. The third-order valence-electron chi connectivity index (χ3n) is 4.22. The Morgan fingerprint density at radius 1 is 1.38 bits per heavy atom. The molecule has 1 N–H and O–H groups in total. The molecule has 2 heterocycles. The Kier molecular flexibility index (Phi) is 5.76. The molecular weight excluding hydrogens is 284 g/mol. The summed E-state index contributed by atoms with van der Waals surface area (Å²) in [5.74, 6) is 0.875. The van der Waals surface area contributed by atoms with E-state index in [0.29, 0.717) is 11.5 Å². The van der Waals surface area contributed by atoms with E-state index < -0.39 is 9.84 Å². The average molecular weight is 310 g/mol. The van der Waals surface area contributed by atoms with Crippen LogP contribution in [0.25, 0.3) is 0 Å². The number of rotatable bonds is 7. The van der Waals surface area contributed by atoms with Crippen molar-refractivity contribution in [2.24, 2.45) is 5.92 Å². The Hall–Kier alpha value is -0.940. The Labute approximate surface area is 128 Å². The number of pyridine rings is 1. The number of hydrogen-bond donors (Lipinski definition) is 1. The molecule has 1 aromatic heterocycles. The predicted octanol–water partition coefficient (Wildman–Crippen LogP) is 1.99. The fourth-order valence-electron chi connectivity index (χ4n) is 2.89. The summed E-state index contributed by atoms with van der Waals surface area (Å²) < 4.78 is 23.4. The van der Waals surface area contributed by atoms with E-state index in [1.165, 1.54) is 5.56 Å². The minimum Gasteiger partial charge on any atom is -0.313 e. The third-order valence-corrected chi connectivity index (χ3v) is 6.01. The fourth-order valence-corrected chi connectivity index (χ4v) is 4.77. The SMILES string of the molecule is CCCNC(Cc1ccc(CC)cn1)C1CCS(=O)(=O)C1. The van der Waals surface area contributed by atoms with E-state index in [2.05, 4.69) is 36.3 Å². The molecule has 0 amide bonds. The van der Waals surface area contributed by atoms with E-state index in [0.717, 1.165) is 37.9 Å². The summed E-state index contributed by atoms with van der Waals surface area (Å²) in [6.07, 6.45) is 5.56. The van der Waals surface area contributed by atoms with Gasteiger partial charge in [-0.3, -0.25) is 4.98 Å². The largest absolute Gasteiger partial charge is 0.313 e. The third kappa shape index (κ3) is 4.78. The van der Waals surface area contributed by atoms with Crippen LogP contribution in [0.15, 0.2) is 18.3 Å². The molecule has 118 valence electrons. The van der Waals surface area contributed by atoms with Gasteiger partial charge < -0.3 is 5.32 Å². The zero-order chi connectivity index (χ0) is 15.3. The lowest BCUT2D eigenvalue weighted by Crippen LogP contribution is -2.39. The average Bonchev–Trinajstić information content (AvgIpc) is 2.84. The number of sulfone groups is 1. The van der Waals surface area contributed by atoms with Gasteiger partial charge in [-0.15, -0.1) is 0 Å².